The highest BCUT2D eigenvalue weighted by molar-refractivity contribution is 5.73. The van der Waals surface area contributed by atoms with Crippen molar-refractivity contribution in [1.82, 2.24) is 5.32 Å². The second-order valence-electron chi connectivity index (χ2n) is 5.44. The first-order valence-corrected chi connectivity index (χ1v) is 8.06. The summed E-state index contributed by atoms with van der Waals surface area (Å²) in [4.78, 5) is 23.9. The standard InChI is InChI=1S/C19H22N2O4/c1-2-24-18(22)12-17(15-9-6-10-16(20)11-15)21-19(23)25-13-14-7-4-3-5-8-14/h3-11,17H,2,12-13,20H2,1H3,(H,21,23)/t17-/m0/s1. The van der Waals surface area contributed by atoms with Gasteiger partial charge in [0.15, 0.2) is 0 Å². The molecule has 0 spiro atoms. The van der Waals surface area contributed by atoms with Crippen molar-refractivity contribution in [3.8, 4) is 0 Å². The Hall–Kier alpha value is -3.02. The highest BCUT2D eigenvalue weighted by atomic mass is 16.5. The fourth-order valence-electron chi connectivity index (χ4n) is 2.32. The summed E-state index contributed by atoms with van der Waals surface area (Å²) in [6.45, 7) is 2.16. The highest BCUT2D eigenvalue weighted by Gasteiger charge is 2.20. The number of nitrogen functional groups attached to an aromatic ring is 1. The van der Waals surface area contributed by atoms with E-state index in [1.54, 1.807) is 31.2 Å². The Morgan fingerprint density at radius 3 is 2.52 bits per heavy atom. The summed E-state index contributed by atoms with van der Waals surface area (Å²) >= 11 is 0. The predicted molar refractivity (Wildman–Crippen MR) is 94.6 cm³/mol. The number of carbonyl (C=O) groups is 2. The molecule has 6 nitrogen and oxygen atoms in total. The minimum Gasteiger partial charge on any atom is -0.466 e. The molecule has 2 aromatic carbocycles. The third-order valence-corrected chi connectivity index (χ3v) is 3.49. The molecule has 132 valence electrons. The number of hydrogen-bond donors (Lipinski definition) is 2. The van der Waals surface area contributed by atoms with Crippen molar-refractivity contribution < 1.29 is 19.1 Å². The lowest BCUT2D eigenvalue weighted by molar-refractivity contribution is -0.143. The molecule has 0 unspecified atom stereocenters. The van der Waals surface area contributed by atoms with E-state index in [4.69, 9.17) is 15.2 Å². The topological polar surface area (TPSA) is 90.6 Å². The maximum atomic E-state index is 12.1. The maximum Gasteiger partial charge on any atom is 0.407 e. The van der Waals surface area contributed by atoms with Crippen LogP contribution in [0.4, 0.5) is 10.5 Å². The third-order valence-electron chi connectivity index (χ3n) is 3.49. The van der Waals surface area contributed by atoms with Crippen LogP contribution in [-0.4, -0.2) is 18.7 Å². The number of amides is 1. The van der Waals surface area contributed by atoms with Crippen molar-refractivity contribution in [3.63, 3.8) is 0 Å². The molecule has 0 radical (unpaired) electrons. The summed E-state index contributed by atoms with van der Waals surface area (Å²) < 4.78 is 10.2. The highest BCUT2D eigenvalue weighted by Crippen LogP contribution is 2.20. The van der Waals surface area contributed by atoms with E-state index in [1.165, 1.54) is 0 Å². The zero-order valence-electron chi connectivity index (χ0n) is 14.1. The number of esters is 1. The molecule has 0 heterocycles. The van der Waals surface area contributed by atoms with Gasteiger partial charge in [0.05, 0.1) is 19.1 Å². The molecule has 6 heteroatoms. The predicted octanol–water partition coefficient (Wildman–Crippen LogP) is 3.19. The Morgan fingerprint density at radius 2 is 1.84 bits per heavy atom. The molecule has 0 fully saturated rings. The molecular weight excluding hydrogens is 320 g/mol. The number of alkyl carbamates (subject to hydrolysis) is 1. The van der Waals surface area contributed by atoms with Gasteiger partial charge in [-0.2, -0.15) is 0 Å². The fraction of sp³-hybridized carbons (Fsp3) is 0.263. The van der Waals surface area contributed by atoms with E-state index in [9.17, 15) is 9.59 Å². The van der Waals surface area contributed by atoms with E-state index in [-0.39, 0.29) is 19.6 Å². The second-order valence-corrected chi connectivity index (χ2v) is 5.44. The molecule has 0 saturated carbocycles. The van der Waals surface area contributed by atoms with Gasteiger partial charge in [0.25, 0.3) is 0 Å². The summed E-state index contributed by atoms with van der Waals surface area (Å²) in [5, 5.41) is 2.70. The van der Waals surface area contributed by atoms with Gasteiger partial charge >= 0.3 is 12.1 Å². The molecule has 2 rings (SSSR count). The van der Waals surface area contributed by atoms with Gasteiger partial charge in [-0.25, -0.2) is 4.79 Å². The first-order chi connectivity index (χ1) is 12.1. The van der Waals surface area contributed by atoms with E-state index in [0.717, 1.165) is 5.56 Å². The number of nitrogens with two attached hydrogens (primary N) is 1. The molecule has 0 aliphatic carbocycles. The summed E-state index contributed by atoms with van der Waals surface area (Å²) in [7, 11) is 0. The van der Waals surface area contributed by atoms with Crippen LogP contribution in [0.2, 0.25) is 0 Å². The minimum atomic E-state index is -0.611. The Balaban J connectivity index is 2.01. The quantitative estimate of drug-likeness (QED) is 0.596. The first kappa shape index (κ1) is 18.3. The largest absolute Gasteiger partial charge is 0.466 e. The van der Waals surface area contributed by atoms with Crippen LogP contribution in [0.25, 0.3) is 0 Å². The number of benzene rings is 2. The van der Waals surface area contributed by atoms with Gasteiger partial charge in [-0.3, -0.25) is 4.79 Å². The SMILES string of the molecule is CCOC(=O)C[C@H](NC(=O)OCc1ccccc1)c1cccc(N)c1. The van der Waals surface area contributed by atoms with Gasteiger partial charge in [0.2, 0.25) is 0 Å². The van der Waals surface area contributed by atoms with Crippen LogP contribution in [0, 0.1) is 0 Å². The van der Waals surface area contributed by atoms with Crippen molar-refractivity contribution in [2.45, 2.75) is 26.0 Å². The number of carbonyl (C=O) groups excluding carboxylic acids is 2. The molecule has 2 aromatic rings. The Labute approximate surface area is 146 Å². The van der Waals surface area contributed by atoms with Crippen molar-refractivity contribution in [3.05, 3.63) is 65.7 Å². The Kier molecular flexibility index (Phi) is 6.83. The number of hydrogen-bond acceptors (Lipinski definition) is 5. The zero-order valence-corrected chi connectivity index (χ0v) is 14.1. The molecule has 25 heavy (non-hydrogen) atoms. The fourth-order valence-corrected chi connectivity index (χ4v) is 2.32. The van der Waals surface area contributed by atoms with Crippen LogP contribution in [-0.2, 0) is 20.9 Å². The van der Waals surface area contributed by atoms with E-state index < -0.39 is 18.1 Å². The monoisotopic (exact) mass is 342 g/mol. The Bertz CT molecular complexity index is 704. The summed E-state index contributed by atoms with van der Waals surface area (Å²) in [5.74, 6) is -0.404. The van der Waals surface area contributed by atoms with Crippen LogP contribution in [0.1, 0.15) is 30.5 Å². The van der Waals surface area contributed by atoms with E-state index in [0.29, 0.717) is 11.3 Å². The molecule has 0 bridgehead atoms. The van der Waals surface area contributed by atoms with Crippen molar-refractivity contribution in [1.29, 1.82) is 0 Å². The number of anilines is 1. The molecule has 1 atom stereocenters. The molecule has 3 N–H and O–H groups in total. The number of rotatable bonds is 7. The van der Waals surface area contributed by atoms with Crippen LogP contribution in [0.5, 0.6) is 0 Å². The molecule has 0 aliphatic rings. The van der Waals surface area contributed by atoms with E-state index in [1.807, 2.05) is 30.3 Å². The lowest BCUT2D eigenvalue weighted by atomic mass is 10.0. The average molecular weight is 342 g/mol. The second kappa shape index (κ2) is 9.32. The van der Waals surface area contributed by atoms with Crippen LogP contribution < -0.4 is 11.1 Å². The Morgan fingerprint density at radius 1 is 1.08 bits per heavy atom. The minimum absolute atomic E-state index is 0.00225. The van der Waals surface area contributed by atoms with Crippen molar-refractivity contribution in [2.24, 2.45) is 0 Å². The first-order valence-electron chi connectivity index (χ1n) is 8.06. The van der Waals surface area contributed by atoms with Gasteiger partial charge in [-0.05, 0) is 30.2 Å². The van der Waals surface area contributed by atoms with Gasteiger partial charge in [-0.1, -0.05) is 42.5 Å². The summed E-state index contributed by atoms with van der Waals surface area (Å²) in [6.07, 6.45) is -0.613. The van der Waals surface area contributed by atoms with E-state index >= 15 is 0 Å². The van der Waals surface area contributed by atoms with E-state index in [2.05, 4.69) is 5.32 Å². The molecule has 1 amide bonds. The van der Waals surface area contributed by atoms with Gasteiger partial charge in [0.1, 0.15) is 6.61 Å². The van der Waals surface area contributed by atoms with Gasteiger partial charge < -0.3 is 20.5 Å². The molecular formula is C19H22N2O4. The normalized spacial score (nSPS) is 11.4. The van der Waals surface area contributed by atoms with Crippen LogP contribution in [0.15, 0.2) is 54.6 Å². The smallest absolute Gasteiger partial charge is 0.407 e. The number of nitrogens with one attached hydrogen (secondary N) is 1. The lowest BCUT2D eigenvalue weighted by Gasteiger charge is -2.18. The number of ether oxygens (including phenoxy) is 2. The zero-order chi connectivity index (χ0) is 18.1. The molecule has 0 aromatic heterocycles. The maximum absolute atomic E-state index is 12.1. The molecule has 0 aliphatic heterocycles. The summed E-state index contributed by atoms with van der Waals surface area (Å²) in [6, 6.07) is 15.8. The van der Waals surface area contributed by atoms with Crippen molar-refractivity contribution >= 4 is 17.7 Å². The van der Waals surface area contributed by atoms with Crippen LogP contribution >= 0.6 is 0 Å². The third kappa shape index (κ3) is 6.18. The average Bonchev–Trinajstić information content (AvgIpc) is 2.60. The molecule has 0 saturated heterocycles. The van der Waals surface area contributed by atoms with Crippen molar-refractivity contribution in [2.75, 3.05) is 12.3 Å². The van der Waals surface area contributed by atoms with Gasteiger partial charge in [0, 0.05) is 5.69 Å². The summed E-state index contributed by atoms with van der Waals surface area (Å²) in [5.41, 5.74) is 7.93. The lowest BCUT2D eigenvalue weighted by Crippen LogP contribution is -2.31. The van der Waals surface area contributed by atoms with Gasteiger partial charge in [-0.15, -0.1) is 0 Å². The van der Waals surface area contributed by atoms with Crippen LogP contribution in [0.3, 0.4) is 0 Å².